The predicted octanol–water partition coefficient (Wildman–Crippen LogP) is 3.30. The maximum absolute atomic E-state index is 12.2. The molecule has 0 unspecified atom stereocenters. The third kappa shape index (κ3) is 3.76. The lowest BCUT2D eigenvalue weighted by atomic mass is 10.1. The van der Waals surface area contributed by atoms with Crippen molar-refractivity contribution >= 4 is 11.6 Å². The molecular weight excluding hydrogens is 224 g/mol. The van der Waals surface area contributed by atoms with E-state index in [1.807, 2.05) is 44.1 Å². The summed E-state index contributed by atoms with van der Waals surface area (Å²) >= 11 is 0. The summed E-state index contributed by atoms with van der Waals surface area (Å²) in [6.45, 7) is 5.01. The summed E-state index contributed by atoms with van der Waals surface area (Å²) in [6.07, 6.45) is 3.43. The molecule has 1 N–H and O–H groups in total. The van der Waals surface area contributed by atoms with Crippen LogP contribution in [-0.2, 0) is 0 Å². The van der Waals surface area contributed by atoms with Crippen molar-refractivity contribution < 1.29 is 4.79 Å². The molecule has 0 aliphatic carbocycles. The zero-order valence-electron chi connectivity index (χ0n) is 11.9. The maximum Gasteiger partial charge on any atom is 0.253 e. The molecule has 0 aromatic heterocycles. The molecule has 100 valence electrons. The molecule has 0 fully saturated rings. The second-order valence-electron chi connectivity index (χ2n) is 4.71. The first-order valence-corrected chi connectivity index (χ1v) is 6.64. The molecule has 3 nitrogen and oxygen atoms in total. The SMILES string of the molecule is CCCCCN(C)C(=O)c1ccc(NC)c(C)c1. The Morgan fingerprint density at radius 3 is 2.61 bits per heavy atom. The Hall–Kier alpha value is -1.51. The molecule has 1 amide bonds. The van der Waals surface area contributed by atoms with Gasteiger partial charge < -0.3 is 10.2 Å². The van der Waals surface area contributed by atoms with Crippen molar-refractivity contribution in [3.05, 3.63) is 29.3 Å². The lowest BCUT2D eigenvalue weighted by Gasteiger charge is -2.17. The Kier molecular flexibility index (Phi) is 5.69. The van der Waals surface area contributed by atoms with Gasteiger partial charge in [0.2, 0.25) is 0 Å². The van der Waals surface area contributed by atoms with Crippen molar-refractivity contribution in [1.29, 1.82) is 0 Å². The van der Waals surface area contributed by atoms with Crippen LogP contribution in [-0.4, -0.2) is 31.4 Å². The highest BCUT2D eigenvalue weighted by Gasteiger charge is 2.11. The second-order valence-corrected chi connectivity index (χ2v) is 4.71. The monoisotopic (exact) mass is 248 g/mol. The number of hydrogen-bond donors (Lipinski definition) is 1. The number of aryl methyl sites for hydroxylation is 1. The molecule has 3 heteroatoms. The molecule has 0 atom stereocenters. The normalized spacial score (nSPS) is 10.2. The van der Waals surface area contributed by atoms with E-state index in [9.17, 15) is 4.79 Å². The fraction of sp³-hybridized carbons (Fsp3) is 0.533. The molecule has 0 spiro atoms. The largest absolute Gasteiger partial charge is 0.388 e. The van der Waals surface area contributed by atoms with Gasteiger partial charge in [0.1, 0.15) is 0 Å². The molecular formula is C15H24N2O. The number of amides is 1. The van der Waals surface area contributed by atoms with Gasteiger partial charge >= 0.3 is 0 Å². The molecule has 0 saturated heterocycles. The lowest BCUT2D eigenvalue weighted by molar-refractivity contribution is 0.0792. The fourth-order valence-corrected chi connectivity index (χ4v) is 2.00. The van der Waals surface area contributed by atoms with E-state index >= 15 is 0 Å². The van der Waals surface area contributed by atoms with Crippen LogP contribution in [0.2, 0.25) is 0 Å². The van der Waals surface area contributed by atoms with Gasteiger partial charge in [-0.3, -0.25) is 4.79 Å². The van der Waals surface area contributed by atoms with Crippen LogP contribution in [0.3, 0.4) is 0 Å². The second kappa shape index (κ2) is 7.04. The summed E-state index contributed by atoms with van der Waals surface area (Å²) in [5.41, 5.74) is 2.94. The van der Waals surface area contributed by atoms with Crippen molar-refractivity contribution in [2.24, 2.45) is 0 Å². The van der Waals surface area contributed by atoms with Crippen LogP contribution in [0.1, 0.15) is 42.1 Å². The molecule has 0 bridgehead atoms. The average molecular weight is 248 g/mol. The van der Waals surface area contributed by atoms with Crippen LogP contribution in [0, 0.1) is 6.92 Å². The van der Waals surface area contributed by atoms with Crippen LogP contribution < -0.4 is 5.32 Å². The van der Waals surface area contributed by atoms with Crippen molar-refractivity contribution in [3.8, 4) is 0 Å². The van der Waals surface area contributed by atoms with Crippen molar-refractivity contribution in [2.75, 3.05) is 26.0 Å². The summed E-state index contributed by atoms with van der Waals surface area (Å²) in [6, 6.07) is 5.80. The summed E-state index contributed by atoms with van der Waals surface area (Å²) in [4.78, 5) is 14.0. The van der Waals surface area contributed by atoms with Gasteiger partial charge in [0.25, 0.3) is 5.91 Å². The third-order valence-electron chi connectivity index (χ3n) is 3.19. The molecule has 1 aromatic rings. The quantitative estimate of drug-likeness (QED) is 0.783. The number of nitrogens with one attached hydrogen (secondary N) is 1. The van der Waals surface area contributed by atoms with E-state index in [2.05, 4.69) is 12.2 Å². The number of benzene rings is 1. The van der Waals surface area contributed by atoms with Gasteiger partial charge in [0.15, 0.2) is 0 Å². The van der Waals surface area contributed by atoms with E-state index in [0.717, 1.165) is 29.8 Å². The standard InChI is InChI=1S/C15H24N2O/c1-5-6-7-10-17(4)15(18)13-8-9-14(16-3)12(2)11-13/h8-9,11,16H,5-7,10H2,1-4H3. The zero-order chi connectivity index (χ0) is 13.5. The summed E-state index contributed by atoms with van der Waals surface area (Å²) in [5, 5.41) is 3.11. The minimum atomic E-state index is 0.108. The molecule has 18 heavy (non-hydrogen) atoms. The first kappa shape index (κ1) is 14.6. The van der Waals surface area contributed by atoms with E-state index in [1.54, 1.807) is 0 Å². The number of nitrogens with zero attached hydrogens (tertiary/aromatic N) is 1. The molecule has 0 saturated carbocycles. The van der Waals surface area contributed by atoms with Gasteiger partial charge in [0, 0.05) is 31.9 Å². The summed E-state index contributed by atoms with van der Waals surface area (Å²) in [5.74, 6) is 0.108. The number of rotatable bonds is 6. The Balaban J connectivity index is 2.68. The van der Waals surface area contributed by atoms with E-state index in [0.29, 0.717) is 0 Å². The summed E-state index contributed by atoms with van der Waals surface area (Å²) < 4.78 is 0. The first-order valence-electron chi connectivity index (χ1n) is 6.64. The van der Waals surface area contributed by atoms with E-state index < -0.39 is 0 Å². The molecule has 0 aliphatic rings. The van der Waals surface area contributed by atoms with Crippen LogP contribution >= 0.6 is 0 Å². The van der Waals surface area contributed by atoms with Gasteiger partial charge in [0.05, 0.1) is 0 Å². The van der Waals surface area contributed by atoms with Crippen molar-refractivity contribution in [3.63, 3.8) is 0 Å². The van der Waals surface area contributed by atoms with Gasteiger partial charge in [-0.15, -0.1) is 0 Å². The minimum Gasteiger partial charge on any atom is -0.388 e. The van der Waals surface area contributed by atoms with Crippen molar-refractivity contribution in [1.82, 2.24) is 4.90 Å². The first-order chi connectivity index (χ1) is 8.60. The van der Waals surface area contributed by atoms with Crippen LogP contribution in [0.15, 0.2) is 18.2 Å². The van der Waals surface area contributed by atoms with Gasteiger partial charge in [-0.25, -0.2) is 0 Å². The zero-order valence-corrected chi connectivity index (χ0v) is 11.9. The highest BCUT2D eigenvalue weighted by atomic mass is 16.2. The van der Waals surface area contributed by atoms with Crippen LogP contribution in [0.4, 0.5) is 5.69 Å². The van der Waals surface area contributed by atoms with Gasteiger partial charge in [-0.05, 0) is 37.1 Å². The Morgan fingerprint density at radius 1 is 1.33 bits per heavy atom. The van der Waals surface area contributed by atoms with Crippen molar-refractivity contribution in [2.45, 2.75) is 33.1 Å². The predicted molar refractivity (Wildman–Crippen MR) is 77.2 cm³/mol. The Bertz CT molecular complexity index is 401. The summed E-state index contributed by atoms with van der Waals surface area (Å²) in [7, 11) is 3.76. The number of carbonyl (C=O) groups excluding carboxylic acids is 1. The van der Waals surface area contributed by atoms with Crippen LogP contribution in [0.25, 0.3) is 0 Å². The number of anilines is 1. The molecule has 0 aliphatic heterocycles. The smallest absolute Gasteiger partial charge is 0.253 e. The number of unbranched alkanes of at least 4 members (excludes halogenated alkanes) is 2. The number of carbonyl (C=O) groups is 1. The molecule has 1 aromatic carbocycles. The lowest BCUT2D eigenvalue weighted by Crippen LogP contribution is -2.27. The maximum atomic E-state index is 12.2. The molecule has 0 radical (unpaired) electrons. The number of hydrogen-bond acceptors (Lipinski definition) is 2. The van der Waals surface area contributed by atoms with Gasteiger partial charge in [-0.1, -0.05) is 19.8 Å². The van der Waals surface area contributed by atoms with E-state index in [4.69, 9.17) is 0 Å². The molecule has 0 heterocycles. The Morgan fingerprint density at radius 2 is 2.06 bits per heavy atom. The fourth-order valence-electron chi connectivity index (χ4n) is 2.00. The third-order valence-corrected chi connectivity index (χ3v) is 3.19. The average Bonchev–Trinajstić information content (AvgIpc) is 2.38. The van der Waals surface area contributed by atoms with E-state index in [-0.39, 0.29) is 5.91 Å². The minimum absolute atomic E-state index is 0.108. The van der Waals surface area contributed by atoms with Crippen LogP contribution in [0.5, 0.6) is 0 Å². The molecule has 1 rings (SSSR count). The highest BCUT2D eigenvalue weighted by molar-refractivity contribution is 5.94. The topological polar surface area (TPSA) is 32.3 Å². The highest BCUT2D eigenvalue weighted by Crippen LogP contribution is 2.16. The van der Waals surface area contributed by atoms with Gasteiger partial charge in [-0.2, -0.15) is 0 Å². The Labute approximate surface area is 110 Å². The van der Waals surface area contributed by atoms with E-state index in [1.165, 1.54) is 12.8 Å².